The number of nitrogens with one attached hydrogen (secondary N) is 3. The van der Waals surface area contributed by atoms with Gasteiger partial charge in [-0.2, -0.15) is 21.9 Å². The SMILES string of the molecule is Cc1c(-c2ccc(N3CCc4c(OCCN(CCS(=O)(=O)O)C(=O)OCc5ccc(N(C(=O)[C@@H](NC(=O)CCCCCN6C(=O)C=CC6=O)C(C)C)[C@@H](CCCNC(N)=O)C(N)=O)cc5)ccc(C(=O)Nc5nc6ccccc6s5)c4C3)nc2C(=O)O)cnn1CC12CC3(C)CC(C)(C1)CC(OCCN(C)CCS(=O)(=O)O)(C3)C2. The van der Waals surface area contributed by atoms with Crippen LogP contribution in [0.1, 0.15) is 148 Å². The lowest BCUT2D eigenvalue weighted by molar-refractivity contribution is -0.248. The topological polar surface area (TPSA) is 458 Å². The summed E-state index contributed by atoms with van der Waals surface area (Å²) in [5, 5.41) is 24.4. The molecule has 9 amide bonds. The van der Waals surface area contributed by atoms with E-state index in [0.717, 1.165) is 58.7 Å². The average Bonchev–Trinajstić information content (AvgIpc) is 0.791. The van der Waals surface area contributed by atoms with Crippen molar-refractivity contribution >= 4 is 112 Å². The Morgan fingerprint density at radius 3 is 2.14 bits per heavy atom. The fourth-order valence-corrected chi connectivity index (χ4v) is 19.7. The highest BCUT2D eigenvalue weighted by Gasteiger charge is 2.66. The molecule has 5 heterocycles. The van der Waals surface area contributed by atoms with Gasteiger partial charge in [0.05, 0.1) is 46.7 Å². The zero-order valence-corrected chi connectivity index (χ0v) is 67.2. The second kappa shape index (κ2) is 35.4. The quantitative estimate of drug-likeness (QED) is 0.0105. The van der Waals surface area contributed by atoms with Crippen molar-refractivity contribution in [2.24, 2.45) is 33.6 Å². The number of para-hydroxylation sites is 1. The van der Waals surface area contributed by atoms with E-state index in [9.17, 15) is 74.2 Å². The summed E-state index contributed by atoms with van der Waals surface area (Å²) in [6.45, 7) is 10.7. The first-order valence-corrected chi connectivity index (χ1v) is 42.1. The molecule has 0 spiro atoms. The number of imide groups is 1. The summed E-state index contributed by atoms with van der Waals surface area (Å²) < 4.78 is 88.4. The fraction of sp³-hybridized carbons (Fsp3) is 0.513. The first kappa shape index (κ1) is 84.9. The molecule has 4 fully saturated rings. The fourth-order valence-electron chi connectivity index (χ4n) is 17.9. The number of carbonyl (C=O) groups excluding carboxylic acids is 8. The van der Waals surface area contributed by atoms with Crippen LogP contribution < -0.4 is 42.0 Å². The second-order valence-corrected chi connectivity index (χ2v) is 36.0. The van der Waals surface area contributed by atoms with Crippen LogP contribution in [0.15, 0.2) is 91.1 Å². The molecule has 33 nitrogen and oxygen atoms in total. The highest BCUT2D eigenvalue weighted by Crippen LogP contribution is 2.72. The molecule has 3 aromatic carbocycles. The van der Waals surface area contributed by atoms with Crippen LogP contribution in [0.5, 0.6) is 5.75 Å². The number of hydrogen-bond acceptors (Lipinski definition) is 22. The van der Waals surface area contributed by atoms with Gasteiger partial charge < -0.3 is 56.1 Å². The third-order valence-corrected chi connectivity index (χ3v) is 24.4. The number of benzene rings is 3. The monoisotopic (exact) mass is 1630 g/mol. The molecule has 0 radical (unpaired) electrons. The molecular formula is C78H100N14O19S3. The number of nitrogens with two attached hydrogens (primary N) is 2. The van der Waals surface area contributed by atoms with Gasteiger partial charge in [0.25, 0.3) is 43.9 Å². The lowest BCUT2D eigenvalue weighted by atomic mass is 9.39. The van der Waals surface area contributed by atoms with Crippen LogP contribution in [0.4, 0.5) is 26.2 Å². The molecule has 0 saturated heterocycles. The van der Waals surface area contributed by atoms with Crippen molar-refractivity contribution in [1.29, 1.82) is 0 Å². The second-order valence-electron chi connectivity index (χ2n) is 31.8. The number of thiazole rings is 1. The number of ether oxygens (including phenoxy) is 3. The van der Waals surface area contributed by atoms with Crippen molar-refractivity contribution in [2.45, 2.75) is 155 Å². The van der Waals surface area contributed by atoms with Crippen molar-refractivity contribution in [3.63, 3.8) is 0 Å². The number of carbonyl (C=O) groups is 9. The molecule has 6 aliphatic rings. The number of urea groups is 1. The number of aromatic carboxylic acids is 1. The minimum atomic E-state index is -4.63. The number of likely N-dealkylation sites (N-methyl/N-ethyl adjacent to an activating group) is 1. The Bertz CT molecular complexity index is 4850. The van der Waals surface area contributed by atoms with Crippen LogP contribution >= 0.6 is 11.3 Å². The molecule has 2 aliphatic heterocycles. The van der Waals surface area contributed by atoms with Gasteiger partial charge in [0.15, 0.2) is 10.8 Å². The molecule has 36 heteroatoms. The first-order chi connectivity index (χ1) is 53.9. The summed E-state index contributed by atoms with van der Waals surface area (Å²) in [5.74, 6) is -5.78. The molecule has 4 aliphatic carbocycles. The smallest absolute Gasteiger partial charge is 0.410 e. The maximum atomic E-state index is 14.8. The zero-order valence-electron chi connectivity index (χ0n) is 64.8. The predicted molar refractivity (Wildman–Crippen MR) is 423 cm³/mol. The molecule has 4 atom stereocenters. The molecule has 3 aromatic heterocycles. The van der Waals surface area contributed by atoms with Crippen molar-refractivity contribution in [1.82, 2.24) is 45.1 Å². The average molecular weight is 1630 g/mol. The Morgan fingerprint density at radius 1 is 0.772 bits per heavy atom. The lowest BCUT2D eigenvalue weighted by Crippen LogP contribution is -2.64. The highest BCUT2D eigenvalue weighted by molar-refractivity contribution is 7.86. The number of aromatic nitrogens is 4. The van der Waals surface area contributed by atoms with Crippen LogP contribution in [0.3, 0.4) is 0 Å². The summed E-state index contributed by atoms with van der Waals surface area (Å²) in [5.41, 5.74) is 14.8. The lowest BCUT2D eigenvalue weighted by Gasteiger charge is -2.69. The van der Waals surface area contributed by atoms with Crippen LogP contribution in [0.2, 0.25) is 0 Å². The predicted octanol–water partition coefficient (Wildman–Crippen LogP) is 7.50. The van der Waals surface area contributed by atoms with Gasteiger partial charge in [0, 0.05) is 105 Å². The van der Waals surface area contributed by atoms with E-state index >= 15 is 0 Å². The van der Waals surface area contributed by atoms with Gasteiger partial charge in [-0.3, -0.25) is 57.7 Å². The van der Waals surface area contributed by atoms with E-state index < -0.39 is 116 Å². The third-order valence-electron chi connectivity index (χ3n) is 22.0. The number of rotatable bonds is 39. The Labute approximate surface area is 665 Å². The van der Waals surface area contributed by atoms with E-state index in [1.54, 1.807) is 51.4 Å². The normalized spacial score (nSPS) is 20.3. The number of nitrogens with zero attached hydrogens (tertiary/aromatic N) is 9. The van der Waals surface area contributed by atoms with E-state index in [-0.39, 0.29) is 111 Å². The van der Waals surface area contributed by atoms with E-state index in [4.69, 9.17) is 35.8 Å². The minimum Gasteiger partial charge on any atom is -0.491 e. The van der Waals surface area contributed by atoms with Crippen molar-refractivity contribution in [3.05, 3.63) is 125 Å². The number of primary amides is 2. The highest BCUT2D eigenvalue weighted by atomic mass is 32.2. The van der Waals surface area contributed by atoms with E-state index in [1.165, 1.54) is 52.7 Å². The van der Waals surface area contributed by atoms with Gasteiger partial charge in [0.1, 0.15) is 36.9 Å². The Morgan fingerprint density at radius 2 is 1.47 bits per heavy atom. The first-order valence-electron chi connectivity index (χ1n) is 38.1. The molecule has 114 heavy (non-hydrogen) atoms. The molecule has 12 rings (SSSR count). The summed E-state index contributed by atoms with van der Waals surface area (Å²) in [7, 11) is -6.94. The molecule has 4 saturated carbocycles. The van der Waals surface area contributed by atoms with E-state index in [2.05, 4.69) is 34.8 Å². The molecule has 2 unspecified atom stereocenters. The van der Waals surface area contributed by atoms with Crippen LogP contribution in [0, 0.1) is 29.1 Å². The van der Waals surface area contributed by atoms with E-state index in [0.29, 0.717) is 89.0 Å². The standard InChI is InChI=1S/C78H100N14O19S3/c1-49(2)66(85-63(93)16-8-7-11-29-90-64(94)25-26-65(90)95)70(98)92(59(68(79)96)14-12-28-81-72(80)101)52-19-17-51(18-20-52)41-110-74(102)88(34-38-114(106,107)108)32-35-109-60-23-21-55(69(97)86-73-83-58-13-9-10-15-61(58)112-73)57-40-89(30-27-53(57)60)62-24-22-54(67(84-62)71(99)100)56-39-82-91(50(56)3)48-77-43-75(4)42-76(5,44-77)46-78(45-75,47-77)111-36-31-87(6)33-37-113(103,104)105/h9-10,13,15,17-26,39,49,59,66H,7-8,11-12,14,16,27-38,40-48H2,1-6H3,(H2,79,96)(H,85,93)(H,99,100)(H3,80,81,101)(H,83,86,97)(H,103,104,105)(H,106,107,108)/t59-,66-,75?,76?,77?,78?/m0/s1. The molecule has 10 N–H and O–H groups in total. The van der Waals surface area contributed by atoms with Gasteiger partial charge >= 0.3 is 18.1 Å². The maximum Gasteiger partial charge on any atom is 0.410 e. The Balaban J connectivity index is 0.782. The number of pyridine rings is 1. The van der Waals surface area contributed by atoms with E-state index in [1.807, 2.05) is 45.7 Å². The van der Waals surface area contributed by atoms with Crippen molar-refractivity contribution in [3.8, 4) is 16.9 Å². The number of hydrogen-bond donors (Lipinski definition) is 8. The van der Waals surface area contributed by atoms with Crippen molar-refractivity contribution in [2.75, 3.05) is 92.7 Å². The number of unbranched alkanes of at least 4 members (excludes halogenated alkanes) is 2. The maximum absolute atomic E-state index is 14.8. The van der Waals surface area contributed by atoms with Gasteiger partial charge in [-0.05, 0) is 166 Å². The molecule has 4 bridgehead atoms. The number of carboxylic acids is 1. The Kier molecular flexibility index (Phi) is 26.4. The number of anilines is 3. The van der Waals surface area contributed by atoms with Crippen molar-refractivity contribution < 1.29 is 88.4 Å². The largest absolute Gasteiger partial charge is 0.491 e. The molecular weight excluding hydrogens is 1530 g/mol. The van der Waals surface area contributed by atoms with Crippen LogP contribution in [0.25, 0.3) is 21.3 Å². The number of fused-ring (bicyclic) bond motifs is 2. The summed E-state index contributed by atoms with van der Waals surface area (Å²) in [6, 6.07) is 16.7. The summed E-state index contributed by atoms with van der Waals surface area (Å²) in [6.07, 6.45) is 10.3. The minimum absolute atomic E-state index is 0.000111. The summed E-state index contributed by atoms with van der Waals surface area (Å²) in [4.78, 5) is 136. The number of carboxylic acid groups (broad SMARTS) is 1. The zero-order chi connectivity index (χ0) is 82.2. The van der Waals surface area contributed by atoms with Crippen LogP contribution in [-0.4, -0.2) is 214 Å². The van der Waals surface area contributed by atoms with Gasteiger partial charge in [-0.25, -0.2) is 24.4 Å². The van der Waals surface area contributed by atoms with Gasteiger partial charge in [0.2, 0.25) is 11.8 Å². The summed E-state index contributed by atoms with van der Waals surface area (Å²) >= 11 is 1.29. The molecule has 614 valence electrons. The van der Waals surface area contributed by atoms with Crippen LogP contribution in [-0.2, 0) is 79.8 Å². The van der Waals surface area contributed by atoms with Gasteiger partial charge in [-0.15, -0.1) is 0 Å². The Hall–Kier alpha value is -9.98. The third kappa shape index (κ3) is 21.1. The molecule has 6 aromatic rings. The number of amides is 9. The van der Waals surface area contributed by atoms with Gasteiger partial charge in [-0.1, -0.05) is 69.7 Å².